The number of ether oxygens (including phenoxy) is 1. The Bertz CT molecular complexity index is 347. The number of quaternary nitrogens is 1. The van der Waals surface area contributed by atoms with Gasteiger partial charge < -0.3 is 19.4 Å². The fraction of sp³-hybridized carbons (Fsp3) is 0.750. The fourth-order valence-electron chi connectivity index (χ4n) is 1.64. The standard InChI is InChI=1S/C12H21NO6/c1-5-9(11(16)17)12(18)19-8(6-10(14)15)7-13(2,3)4/h8-9H,5-7H2,1-4H3,(H-,14,15,16,17)/p+1. The summed E-state index contributed by atoms with van der Waals surface area (Å²) in [6, 6.07) is 0. The molecule has 0 fully saturated rings. The third-order valence-corrected chi connectivity index (χ3v) is 2.43. The summed E-state index contributed by atoms with van der Waals surface area (Å²) >= 11 is 0. The van der Waals surface area contributed by atoms with Crippen molar-refractivity contribution in [3.8, 4) is 0 Å². The van der Waals surface area contributed by atoms with E-state index in [4.69, 9.17) is 14.9 Å². The molecule has 2 N–H and O–H groups in total. The van der Waals surface area contributed by atoms with Crippen molar-refractivity contribution in [1.82, 2.24) is 0 Å². The first-order valence-corrected chi connectivity index (χ1v) is 6.02. The van der Waals surface area contributed by atoms with Crippen LogP contribution in [0.5, 0.6) is 0 Å². The number of carboxylic acid groups (broad SMARTS) is 2. The highest BCUT2D eigenvalue weighted by Gasteiger charge is 2.31. The monoisotopic (exact) mass is 276 g/mol. The van der Waals surface area contributed by atoms with E-state index in [1.807, 2.05) is 21.1 Å². The molecule has 7 nitrogen and oxygen atoms in total. The van der Waals surface area contributed by atoms with Crippen molar-refractivity contribution >= 4 is 17.9 Å². The molecule has 0 bridgehead atoms. The molecule has 7 heteroatoms. The number of hydrogen-bond donors (Lipinski definition) is 2. The molecule has 0 aromatic carbocycles. The van der Waals surface area contributed by atoms with Gasteiger partial charge in [-0.2, -0.15) is 0 Å². The van der Waals surface area contributed by atoms with Gasteiger partial charge >= 0.3 is 17.9 Å². The van der Waals surface area contributed by atoms with Crippen LogP contribution in [-0.2, 0) is 19.1 Å². The van der Waals surface area contributed by atoms with Crippen LogP contribution in [0.15, 0.2) is 0 Å². The zero-order valence-corrected chi connectivity index (χ0v) is 11.8. The maximum absolute atomic E-state index is 11.7. The summed E-state index contributed by atoms with van der Waals surface area (Å²) in [7, 11) is 5.49. The Balaban J connectivity index is 4.76. The van der Waals surface area contributed by atoms with Crippen molar-refractivity contribution in [3.05, 3.63) is 0 Å². The minimum absolute atomic E-state index is 0.109. The second-order valence-corrected chi connectivity index (χ2v) is 5.43. The van der Waals surface area contributed by atoms with Crippen LogP contribution in [0.25, 0.3) is 0 Å². The van der Waals surface area contributed by atoms with Gasteiger partial charge in [-0.3, -0.25) is 14.4 Å². The highest BCUT2D eigenvalue weighted by atomic mass is 16.5. The van der Waals surface area contributed by atoms with Gasteiger partial charge in [0.05, 0.1) is 27.6 Å². The van der Waals surface area contributed by atoms with Gasteiger partial charge in [-0.15, -0.1) is 0 Å². The Kier molecular flexibility index (Phi) is 6.47. The predicted octanol–water partition coefficient (Wildman–Crippen LogP) is 0.190. The molecule has 0 saturated carbocycles. The Morgan fingerprint density at radius 3 is 2.00 bits per heavy atom. The lowest BCUT2D eigenvalue weighted by Crippen LogP contribution is -2.44. The van der Waals surface area contributed by atoms with Crippen molar-refractivity contribution in [1.29, 1.82) is 0 Å². The summed E-state index contributed by atoms with van der Waals surface area (Å²) in [4.78, 5) is 33.3. The van der Waals surface area contributed by atoms with Crippen molar-refractivity contribution in [2.24, 2.45) is 5.92 Å². The molecule has 19 heavy (non-hydrogen) atoms. The number of hydrogen-bond acceptors (Lipinski definition) is 4. The summed E-state index contributed by atoms with van der Waals surface area (Å²) in [5.41, 5.74) is 0. The number of carboxylic acids is 2. The van der Waals surface area contributed by atoms with Crippen LogP contribution in [-0.4, -0.2) is 66.4 Å². The van der Waals surface area contributed by atoms with E-state index in [1.165, 1.54) is 0 Å². The number of carbonyl (C=O) groups is 3. The van der Waals surface area contributed by atoms with E-state index in [1.54, 1.807) is 6.92 Å². The lowest BCUT2D eigenvalue weighted by Gasteiger charge is -2.28. The number of likely N-dealkylation sites (N-methyl/N-ethyl adjacent to an activating group) is 1. The molecule has 0 heterocycles. The SMILES string of the molecule is CCC(C(=O)O)C(=O)OC(CC(=O)O)C[N+](C)(C)C. The summed E-state index contributed by atoms with van der Waals surface area (Å²) in [5.74, 6) is -4.47. The van der Waals surface area contributed by atoms with Crippen LogP contribution in [0.4, 0.5) is 0 Å². The molecule has 110 valence electrons. The second-order valence-electron chi connectivity index (χ2n) is 5.43. The van der Waals surface area contributed by atoms with Crippen LogP contribution in [0, 0.1) is 5.92 Å². The molecule has 0 spiro atoms. The molecule has 2 atom stereocenters. The van der Waals surface area contributed by atoms with Gasteiger partial charge in [-0.05, 0) is 6.42 Å². The average Bonchev–Trinajstić information content (AvgIpc) is 2.12. The van der Waals surface area contributed by atoms with E-state index in [0.717, 1.165) is 0 Å². The highest BCUT2D eigenvalue weighted by Crippen LogP contribution is 2.11. The Labute approximate surface area is 112 Å². The van der Waals surface area contributed by atoms with Crippen molar-refractivity contribution < 1.29 is 33.8 Å². The Hall–Kier alpha value is -1.63. The van der Waals surface area contributed by atoms with Crippen molar-refractivity contribution in [2.45, 2.75) is 25.9 Å². The third kappa shape index (κ3) is 7.40. The first-order valence-electron chi connectivity index (χ1n) is 6.02. The van der Waals surface area contributed by atoms with Gasteiger partial charge in [0.1, 0.15) is 6.54 Å². The molecule has 0 aromatic heterocycles. The molecule has 0 radical (unpaired) electrons. The maximum Gasteiger partial charge on any atom is 0.320 e. The normalized spacial score (nSPS) is 14.5. The quantitative estimate of drug-likeness (QED) is 0.373. The molecule has 0 amide bonds. The molecule has 0 aliphatic rings. The molecule has 2 unspecified atom stereocenters. The largest absolute Gasteiger partial charge is 0.481 e. The molecule has 0 aliphatic carbocycles. The topological polar surface area (TPSA) is 101 Å². The van der Waals surface area contributed by atoms with E-state index in [2.05, 4.69) is 0 Å². The van der Waals surface area contributed by atoms with Crippen molar-refractivity contribution in [2.75, 3.05) is 27.7 Å². The minimum atomic E-state index is -1.26. The number of nitrogens with zero attached hydrogens (tertiary/aromatic N) is 1. The van der Waals surface area contributed by atoms with E-state index in [-0.39, 0.29) is 12.8 Å². The predicted molar refractivity (Wildman–Crippen MR) is 66.4 cm³/mol. The van der Waals surface area contributed by atoms with Crippen LogP contribution in [0.1, 0.15) is 19.8 Å². The van der Waals surface area contributed by atoms with Crippen LogP contribution in [0.3, 0.4) is 0 Å². The first-order chi connectivity index (χ1) is 8.56. The zero-order chi connectivity index (χ0) is 15.2. The van der Waals surface area contributed by atoms with Gasteiger partial charge in [-0.25, -0.2) is 0 Å². The molecule has 0 saturated heterocycles. The second kappa shape index (κ2) is 7.08. The summed E-state index contributed by atoms with van der Waals surface area (Å²) in [5, 5.41) is 17.6. The average molecular weight is 276 g/mol. The minimum Gasteiger partial charge on any atom is -0.481 e. The van der Waals surface area contributed by atoms with E-state index in [9.17, 15) is 14.4 Å². The molecular formula is C12H22NO6+. The van der Waals surface area contributed by atoms with Gasteiger partial charge in [-0.1, -0.05) is 6.92 Å². The van der Waals surface area contributed by atoms with Gasteiger partial charge in [0.25, 0.3) is 0 Å². The molecule has 0 rings (SSSR count). The van der Waals surface area contributed by atoms with Gasteiger partial charge in [0.15, 0.2) is 12.0 Å². The molecule has 0 aliphatic heterocycles. The smallest absolute Gasteiger partial charge is 0.320 e. The zero-order valence-electron chi connectivity index (χ0n) is 11.8. The third-order valence-electron chi connectivity index (χ3n) is 2.43. The molecule has 0 aromatic rings. The lowest BCUT2D eigenvalue weighted by atomic mass is 10.1. The summed E-state index contributed by atoms with van der Waals surface area (Å²) in [6.07, 6.45) is -1.06. The van der Waals surface area contributed by atoms with Crippen LogP contribution < -0.4 is 0 Å². The maximum atomic E-state index is 11.7. The number of aliphatic carboxylic acids is 2. The Morgan fingerprint density at radius 1 is 1.16 bits per heavy atom. The van der Waals surface area contributed by atoms with Crippen LogP contribution >= 0.6 is 0 Å². The number of carbonyl (C=O) groups excluding carboxylic acids is 1. The highest BCUT2D eigenvalue weighted by molar-refractivity contribution is 5.93. The van der Waals surface area contributed by atoms with E-state index in [0.29, 0.717) is 11.0 Å². The summed E-state index contributed by atoms with van der Waals surface area (Å²) in [6.45, 7) is 1.86. The number of rotatable bonds is 8. The van der Waals surface area contributed by atoms with E-state index >= 15 is 0 Å². The lowest BCUT2D eigenvalue weighted by molar-refractivity contribution is -0.873. The van der Waals surface area contributed by atoms with Crippen molar-refractivity contribution in [3.63, 3.8) is 0 Å². The van der Waals surface area contributed by atoms with E-state index < -0.39 is 29.9 Å². The Morgan fingerprint density at radius 2 is 1.68 bits per heavy atom. The van der Waals surface area contributed by atoms with Gasteiger partial charge in [0, 0.05) is 0 Å². The van der Waals surface area contributed by atoms with Gasteiger partial charge in [0.2, 0.25) is 0 Å². The summed E-state index contributed by atoms with van der Waals surface area (Å²) < 4.78 is 5.45. The number of esters is 1. The fourth-order valence-corrected chi connectivity index (χ4v) is 1.64. The first kappa shape index (κ1) is 17.4. The van der Waals surface area contributed by atoms with Crippen LogP contribution in [0.2, 0.25) is 0 Å². The molecular weight excluding hydrogens is 254 g/mol.